The lowest BCUT2D eigenvalue weighted by Gasteiger charge is -2.21. The summed E-state index contributed by atoms with van der Waals surface area (Å²) in [6.07, 6.45) is -6.10. The van der Waals surface area contributed by atoms with Crippen LogP contribution in [0.5, 0.6) is 0 Å². The van der Waals surface area contributed by atoms with E-state index in [1.165, 1.54) is 0 Å². The van der Waals surface area contributed by atoms with Crippen LogP contribution in [-0.4, -0.2) is 53.9 Å². The summed E-state index contributed by atoms with van der Waals surface area (Å²) in [5.41, 5.74) is -1.36. The summed E-state index contributed by atoms with van der Waals surface area (Å²) in [7, 11) is -4.58. The number of carboxylic acid groups (broad SMARTS) is 1. The fourth-order valence-corrected chi connectivity index (χ4v) is 4.89. The van der Waals surface area contributed by atoms with Crippen molar-refractivity contribution in [2.75, 3.05) is 6.54 Å². The monoisotopic (exact) mass is 407 g/mol. The molecule has 148 valence electrons. The van der Waals surface area contributed by atoms with Crippen LogP contribution < -0.4 is 0 Å². The summed E-state index contributed by atoms with van der Waals surface area (Å²) < 4.78 is 65.0. The molecule has 0 unspecified atom stereocenters. The number of aliphatic carboxylic acids is 1. The smallest absolute Gasteiger partial charge is 0.417 e. The number of halogens is 3. The van der Waals surface area contributed by atoms with Crippen molar-refractivity contribution in [1.29, 1.82) is 0 Å². The summed E-state index contributed by atoms with van der Waals surface area (Å²) in [6, 6.07) is 2.06. The van der Waals surface area contributed by atoms with Gasteiger partial charge in [0.15, 0.2) is 9.84 Å². The molecule has 1 aromatic rings. The number of benzene rings is 1. The average Bonchev–Trinajstić information content (AvgIpc) is 3.00. The second-order valence-corrected chi connectivity index (χ2v) is 8.37. The van der Waals surface area contributed by atoms with E-state index in [1.807, 2.05) is 0 Å². The van der Waals surface area contributed by atoms with Gasteiger partial charge in [-0.2, -0.15) is 13.2 Å². The Kier molecular flexibility index (Phi) is 5.64. The number of ketones is 1. The number of alkyl halides is 3. The molecule has 2 atom stereocenters. The van der Waals surface area contributed by atoms with E-state index in [-0.39, 0.29) is 0 Å². The second kappa shape index (κ2) is 7.29. The van der Waals surface area contributed by atoms with Crippen LogP contribution in [0.15, 0.2) is 29.2 Å². The molecule has 7 nitrogen and oxygen atoms in total. The van der Waals surface area contributed by atoms with Gasteiger partial charge in [0.2, 0.25) is 5.91 Å². The van der Waals surface area contributed by atoms with Crippen molar-refractivity contribution < 1.29 is 41.1 Å². The van der Waals surface area contributed by atoms with Gasteiger partial charge in [-0.15, -0.1) is 0 Å². The molecule has 27 heavy (non-hydrogen) atoms. The quantitative estimate of drug-likeness (QED) is 0.742. The Morgan fingerprint density at radius 3 is 2.33 bits per heavy atom. The molecule has 1 aliphatic heterocycles. The molecular formula is C16H16F3NO6S. The van der Waals surface area contributed by atoms with Gasteiger partial charge in [0.05, 0.1) is 22.1 Å². The molecule has 0 spiro atoms. The first kappa shape index (κ1) is 20.9. The summed E-state index contributed by atoms with van der Waals surface area (Å²) in [5, 5.41) is 7.72. The zero-order valence-electron chi connectivity index (χ0n) is 14.1. The molecule has 0 saturated carbocycles. The van der Waals surface area contributed by atoms with E-state index in [1.54, 1.807) is 0 Å². The van der Waals surface area contributed by atoms with E-state index in [2.05, 4.69) is 0 Å². The molecule has 1 amide bonds. The predicted molar refractivity (Wildman–Crippen MR) is 85.5 cm³/mol. The van der Waals surface area contributed by atoms with Crippen molar-refractivity contribution in [3.05, 3.63) is 29.8 Å². The molecule has 11 heteroatoms. The number of likely N-dealkylation sites (tertiary alicyclic amines) is 1. The molecule has 0 aliphatic carbocycles. The maximum absolute atomic E-state index is 13.2. The van der Waals surface area contributed by atoms with Crippen LogP contribution in [-0.2, 0) is 30.4 Å². The number of carboxylic acids is 1. The number of hydrogen-bond donors (Lipinski definition) is 1. The van der Waals surface area contributed by atoms with E-state index in [0.717, 1.165) is 30.0 Å². The van der Waals surface area contributed by atoms with Crippen LogP contribution in [0, 0.1) is 0 Å². The average molecular weight is 407 g/mol. The first-order valence-corrected chi connectivity index (χ1v) is 9.32. The Labute approximate surface area is 152 Å². The van der Waals surface area contributed by atoms with Crippen molar-refractivity contribution >= 4 is 27.5 Å². The first-order valence-electron chi connectivity index (χ1n) is 7.77. The Balaban J connectivity index is 2.42. The molecule has 1 heterocycles. The summed E-state index contributed by atoms with van der Waals surface area (Å²) >= 11 is 0. The molecule has 0 radical (unpaired) electrons. The van der Waals surface area contributed by atoms with Gasteiger partial charge in [-0.3, -0.25) is 9.59 Å². The third-order valence-electron chi connectivity index (χ3n) is 4.21. The minimum Gasteiger partial charge on any atom is -0.480 e. The van der Waals surface area contributed by atoms with Crippen LogP contribution in [0.4, 0.5) is 13.2 Å². The van der Waals surface area contributed by atoms with Gasteiger partial charge in [0.25, 0.3) is 0 Å². The Morgan fingerprint density at radius 2 is 1.81 bits per heavy atom. The van der Waals surface area contributed by atoms with Gasteiger partial charge in [-0.1, -0.05) is 12.1 Å². The van der Waals surface area contributed by atoms with E-state index in [0.29, 0.717) is 6.07 Å². The lowest BCUT2D eigenvalue weighted by Crippen LogP contribution is -2.41. The standard InChI is InChI=1S/C16H16F3NO6S/c1-9(21)6-14(22)20-8-10(7-12(20)15(23)24)27(25,26)13-5-3-2-4-11(13)16(17,18)19/h2-5,10,12H,6-8H2,1H3,(H,23,24)/t10-,12+/m1/s1. The first-order chi connectivity index (χ1) is 12.4. The summed E-state index contributed by atoms with van der Waals surface area (Å²) in [4.78, 5) is 34.3. The van der Waals surface area contributed by atoms with Gasteiger partial charge in [0, 0.05) is 6.54 Å². The topological polar surface area (TPSA) is 109 Å². The minimum absolute atomic E-state index is 0.544. The summed E-state index contributed by atoms with van der Waals surface area (Å²) in [6.45, 7) is 0.509. The van der Waals surface area contributed by atoms with Crippen LogP contribution in [0.2, 0.25) is 0 Å². The van der Waals surface area contributed by atoms with E-state index in [9.17, 15) is 41.1 Å². The van der Waals surface area contributed by atoms with Crippen LogP contribution in [0.25, 0.3) is 0 Å². The number of nitrogens with zero attached hydrogens (tertiary/aromatic N) is 1. The van der Waals surface area contributed by atoms with E-state index < -0.39 is 74.8 Å². The van der Waals surface area contributed by atoms with Gasteiger partial charge < -0.3 is 10.0 Å². The second-order valence-electron chi connectivity index (χ2n) is 6.18. The molecule has 1 saturated heterocycles. The fraction of sp³-hybridized carbons (Fsp3) is 0.438. The van der Waals surface area contributed by atoms with Gasteiger partial charge in [-0.05, 0) is 25.5 Å². The highest BCUT2D eigenvalue weighted by molar-refractivity contribution is 7.92. The minimum atomic E-state index is -4.92. The normalized spacial score (nSPS) is 20.5. The number of sulfone groups is 1. The molecule has 0 bridgehead atoms. The number of amides is 1. The Bertz CT molecular complexity index is 880. The van der Waals surface area contributed by atoms with Crippen molar-refractivity contribution in [2.24, 2.45) is 0 Å². The van der Waals surface area contributed by atoms with E-state index >= 15 is 0 Å². The maximum Gasteiger partial charge on any atom is 0.417 e. The number of Topliss-reactive ketones (excluding diaryl/α,β-unsaturated/α-hetero) is 1. The fourth-order valence-electron chi connectivity index (χ4n) is 2.97. The third kappa shape index (κ3) is 4.29. The molecule has 1 aromatic carbocycles. The van der Waals surface area contributed by atoms with Crippen LogP contribution in [0.1, 0.15) is 25.3 Å². The van der Waals surface area contributed by atoms with E-state index in [4.69, 9.17) is 0 Å². The van der Waals surface area contributed by atoms with Gasteiger partial charge >= 0.3 is 12.1 Å². The molecule has 0 aromatic heterocycles. The van der Waals surface area contributed by atoms with Gasteiger partial charge in [0.1, 0.15) is 11.8 Å². The maximum atomic E-state index is 13.2. The van der Waals surface area contributed by atoms with Crippen molar-refractivity contribution in [2.45, 2.75) is 42.1 Å². The number of hydrogen-bond acceptors (Lipinski definition) is 5. The van der Waals surface area contributed by atoms with Crippen molar-refractivity contribution in [3.8, 4) is 0 Å². The largest absolute Gasteiger partial charge is 0.480 e. The third-order valence-corrected chi connectivity index (χ3v) is 6.39. The molecule has 2 rings (SSSR count). The summed E-state index contributed by atoms with van der Waals surface area (Å²) in [5.74, 6) is -2.91. The number of carbonyl (C=O) groups is 3. The zero-order valence-corrected chi connectivity index (χ0v) is 14.9. The molecular weight excluding hydrogens is 391 g/mol. The molecule has 1 fully saturated rings. The van der Waals surface area contributed by atoms with Crippen LogP contribution in [0.3, 0.4) is 0 Å². The lowest BCUT2D eigenvalue weighted by atomic mass is 10.2. The predicted octanol–water partition coefficient (Wildman–Crippen LogP) is 1.51. The van der Waals surface area contributed by atoms with Crippen LogP contribution >= 0.6 is 0 Å². The highest BCUT2D eigenvalue weighted by atomic mass is 32.2. The Morgan fingerprint density at radius 1 is 1.22 bits per heavy atom. The van der Waals surface area contributed by atoms with Crippen molar-refractivity contribution in [3.63, 3.8) is 0 Å². The SMILES string of the molecule is CC(=O)CC(=O)N1C[C@H](S(=O)(=O)c2ccccc2C(F)(F)F)C[C@H]1C(=O)O. The molecule has 1 aliphatic rings. The highest BCUT2D eigenvalue weighted by Gasteiger charge is 2.47. The highest BCUT2D eigenvalue weighted by Crippen LogP contribution is 2.37. The van der Waals surface area contributed by atoms with Crippen molar-refractivity contribution in [1.82, 2.24) is 4.90 Å². The zero-order chi connectivity index (χ0) is 20.6. The number of rotatable bonds is 5. The Hall–Kier alpha value is -2.43. The number of carbonyl (C=O) groups excluding carboxylic acids is 2. The molecule has 1 N–H and O–H groups in total. The van der Waals surface area contributed by atoms with Gasteiger partial charge in [-0.25, -0.2) is 13.2 Å². The lowest BCUT2D eigenvalue weighted by molar-refractivity contribution is -0.149.